The molecule has 21 heavy (non-hydrogen) atoms. The normalized spacial score (nSPS) is 12.0. The molecule has 1 atom stereocenters. The Morgan fingerprint density at radius 3 is 2.52 bits per heavy atom. The van der Waals surface area contributed by atoms with Crippen LogP contribution in [0.25, 0.3) is 0 Å². The molecule has 7 nitrogen and oxygen atoms in total. The molecular weight excluding hydrogens is 292 g/mol. The second-order valence-electron chi connectivity index (χ2n) is 3.98. The summed E-state index contributed by atoms with van der Waals surface area (Å²) >= 11 is 0. The van der Waals surface area contributed by atoms with Crippen molar-refractivity contribution in [1.82, 2.24) is 19.7 Å². The van der Waals surface area contributed by atoms with E-state index in [-0.39, 0.29) is 5.82 Å². The van der Waals surface area contributed by atoms with Crippen LogP contribution in [0, 0.1) is 0 Å². The number of rotatable bonds is 6. The second-order valence-corrected chi connectivity index (χ2v) is 4.75. The largest absolute Gasteiger partial charge is 0.285 e. The lowest BCUT2D eigenvalue weighted by atomic mass is 9.97. The Bertz CT molecular complexity index is 723. The van der Waals surface area contributed by atoms with Crippen molar-refractivity contribution in [2.45, 2.75) is 6.04 Å². The van der Waals surface area contributed by atoms with Gasteiger partial charge in [-0.05, 0) is 5.56 Å². The Balaban J connectivity index is 2.45. The molecular formula is C13H12N4O3S. The molecule has 108 valence electrons. The molecule has 1 N–H and O–H groups in total. The lowest BCUT2D eigenvalue weighted by Gasteiger charge is -2.14. The number of nitrogens with one attached hydrogen (secondary N) is 1. The smallest absolute Gasteiger partial charge is 0.230 e. The number of thiol groups is 1. The SMILES string of the molecule is C=CC(N[SH](=O)=O)c1ccccc1C(=O)c1ncncn1. The van der Waals surface area contributed by atoms with Crippen LogP contribution in [-0.4, -0.2) is 29.2 Å². The summed E-state index contributed by atoms with van der Waals surface area (Å²) in [5.41, 5.74) is 0.787. The van der Waals surface area contributed by atoms with Gasteiger partial charge >= 0.3 is 0 Å². The molecule has 0 spiro atoms. The molecule has 0 radical (unpaired) electrons. The molecule has 2 rings (SSSR count). The highest BCUT2D eigenvalue weighted by molar-refractivity contribution is 7.70. The van der Waals surface area contributed by atoms with Gasteiger partial charge in [-0.2, -0.15) is 0 Å². The Morgan fingerprint density at radius 1 is 1.24 bits per heavy atom. The molecule has 0 bridgehead atoms. The molecule has 1 heterocycles. The van der Waals surface area contributed by atoms with E-state index < -0.39 is 22.7 Å². The minimum absolute atomic E-state index is 0.00762. The Labute approximate surface area is 122 Å². The van der Waals surface area contributed by atoms with E-state index in [0.29, 0.717) is 11.1 Å². The lowest BCUT2D eigenvalue weighted by molar-refractivity contribution is 0.102. The molecule has 0 fully saturated rings. The highest BCUT2D eigenvalue weighted by Crippen LogP contribution is 2.20. The lowest BCUT2D eigenvalue weighted by Crippen LogP contribution is -2.20. The van der Waals surface area contributed by atoms with Gasteiger partial charge in [-0.1, -0.05) is 30.3 Å². The first-order chi connectivity index (χ1) is 10.1. The van der Waals surface area contributed by atoms with E-state index in [4.69, 9.17) is 0 Å². The van der Waals surface area contributed by atoms with E-state index in [1.165, 1.54) is 18.7 Å². The standard InChI is InChI=1S/C13H12N4O3S/c1-2-11(17-21(19)20)9-5-3-4-6-10(9)12(18)13-15-7-14-8-16-13/h2-8,11,21H,1H2,(H,17,19,20). The van der Waals surface area contributed by atoms with Crippen molar-refractivity contribution >= 4 is 16.7 Å². The van der Waals surface area contributed by atoms with Crippen LogP contribution in [0.4, 0.5) is 0 Å². The third kappa shape index (κ3) is 3.56. The summed E-state index contributed by atoms with van der Waals surface area (Å²) in [6.07, 6.45) is 3.85. The van der Waals surface area contributed by atoms with Crippen molar-refractivity contribution in [2.24, 2.45) is 0 Å². The monoisotopic (exact) mass is 304 g/mol. The summed E-state index contributed by atoms with van der Waals surface area (Å²) in [6.45, 7) is 3.58. The van der Waals surface area contributed by atoms with Gasteiger partial charge in [0.05, 0.1) is 6.04 Å². The minimum atomic E-state index is -2.83. The van der Waals surface area contributed by atoms with E-state index in [2.05, 4.69) is 26.3 Å². The van der Waals surface area contributed by atoms with E-state index in [1.54, 1.807) is 24.3 Å². The van der Waals surface area contributed by atoms with Crippen molar-refractivity contribution in [3.05, 3.63) is 66.5 Å². The van der Waals surface area contributed by atoms with Crippen LogP contribution in [0.2, 0.25) is 0 Å². The number of aromatic nitrogens is 3. The number of carbonyl (C=O) groups excluding carboxylic acids is 1. The number of carbonyl (C=O) groups is 1. The number of nitrogens with zero attached hydrogens (tertiary/aromatic N) is 3. The summed E-state index contributed by atoms with van der Waals surface area (Å²) in [6, 6.07) is 5.91. The molecule has 0 amide bonds. The van der Waals surface area contributed by atoms with Crippen LogP contribution in [0.1, 0.15) is 27.8 Å². The van der Waals surface area contributed by atoms with Gasteiger partial charge in [0.25, 0.3) is 0 Å². The molecule has 0 aliphatic heterocycles. The summed E-state index contributed by atoms with van der Waals surface area (Å²) < 4.78 is 24.0. The summed E-state index contributed by atoms with van der Waals surface area (Å²) in [7, 11) is -2.83. The van der Waals surface area contributed by atoms with E-state index in [1.807, 2.05) is 0 Å². The van der Waals surface area contributed by atoms with Crippen molar-refractivity contribution in [1.29, 1.82) is 0 Å². The Hall–Kier alpha value is -2.45. The maximum atomic E-state index is 12.4. The summed E-state index contributed by atoms with van der Waals surface area (Å²) in [4.78, 5) is 23.7. The van der Waals surface area contributed by atoms with Crippen LogP contribution >= 0.6 is 0 Å². The molecule has 1 unspecified atom stereocenters. The molecule has 0 aliphatic carbocycles. The molecule has 0 saturated carbocycles. The Kier molecular flexibility index (Phi) is 4.85. The average Bonchev–Trinajstić information content (AvgIpc) is 2.52. The number of hydrogen-bond donors (Lipinski definition) is 2. The number of hydrogen-bond acceptors (Lipinski definition) is 6. The predicted octanol–water partition coefficient (Wildman–Crippen LogP) is 0.446. The first-order valence-corrected chi connectivity index (χ1v) is 7.10. The molecule has 1 aromatic carbocycles. The second kappa shape index (κ2) is 6.82. The van der Waals surface area contributed by atoms with Gasteiger partial charge in [-0.15, -0.1) is 6.58 Å². The van der Waals surface area contributed by atoms with Crippen molar-refractivity contribution < 1.29 is 13.2 Å². The van der Waals surface area contributed by atoms with Gasteiger partial charge in [0.2, 0.25) is 22.5 Å². The van der Waals surface area contributed by atoms with Gasteiger partial charge in [0.15, 0.2) is 0 Å². The predicted molar refractivity (Wildman–Crippen MR) is 76.1 cm³/mol. The quantitative estimate of drug-likeness (QED) is 0.456. The fourth-order valence-corrected chi connectivity index (χ4v) is 2.29. The maximum Gasteiger partial charge on any atom is 0.230 e. The van der Waals surface area contributed by atoms with Gasteiger partial charge < -0.3 is 0 Å². The zero-order valence-electron chi connectivity index (χ0n) is 10.8. The van der Waals surface area contributed by atoms with Crippen LogP contribution in [0.3, 0.4) is 0 Å². The molecule has 2 aromatic rings. The Morgan fingerprint density at radius 2 is 1.90 bits per heavy atom. The number of ketones is 1. The van der Waals surface area contributed by atoms with E-state index in [9.17, 15) is 13.2 Å². The minimum Gasteiger partial charge on any atom is -0.285 e. The molecule has 0 saturated heterocycles. The third-order valence-corrected chi connectivity index (χ3v) is 3.21. The van der Waals surface area contributed by atoms with E-state index in [0.717, 1.165) is 0 Å². The highest BCUT2D eigenvalue weighted by Gasteiger charge is 2.20. The van der Waals surface area contributed by atoms with E-state index >= 15 is 0 Å². The summed E-state index contributed by atoms with van der Waals surface area (Å²) in [5, 5.41) is 0. The summed E-state index contributed by atoms with van der Waals surface area (Å²) in [5.74, 6) is -0.422. The van der Waals surface area contributed by atoms with Gasteiger partial charge in [0.1, 0.15) is 12.7 Å². The van der Waals surface area contributed by atoms with Crippen LogP contribution in [0.15, 0.2) is 49.6 Å². The van der Waals surface area contributed by atoms with Gasteiger partial charge in [-0.3, -0.25) is 4.79 Å². The van der Waals surface area contributed by atoms with Crippen LogP contribution in [0.5, 0.6) is 0 Å². The zero-order chi connectivity index (χ0) is 15.2. The van der Waals surface area contributed by atoms with Gasteiger partial charge in [0, 0.05) is 5.56 Å². The number of benzene rings is 1. The van der Waals surface area contributed by atoms with Gasteiger partial charge in [-0.25, -0.2) is 28.1 Å². The van der Waals surface area contributed by atoms with Crippen molar-refractivity contribution in [3.8, 4) is 0 Å². The zero-order valence-corrected chi connectivity index (χ0v) is 11.7. The molecule has 0 aliphatic rings. The highest BCUT2D eigenvalue weighted by atomic mass is 32.2. The fourth-order valence-electron chi connectivity index (χ4n) is 1.81. The fraction of sp³-hybridized carbons (Fsp3) is 0.0769. The van der Waals surface area contributed by atoms with Crippen molar-refractivity contribution in [2.75, 3.05) is 0 Å². The van der Waals surface area contributed by atoms with Crippen molar-refractivity contribution in [3.63, 3.8) is 0 Å². The molecule has 1 aromatic heterocycles. The molecule has 8 heteroatoms. The average molecular weight is 304 g/mol. The van der Waals surface area contributed by atoms with Crippen LogP contribution in [-0.2, 0) is 10.9 Å². The first-order valence-electron chi connectivity index (χ1n) is 5.92. The first kappa shape index (κ1) is 14.9. The third-order valence-electron chi connectivity index (χ3n) is 2.72. The maximum absolute atomic E-state index is 12.4. The van der Waals surface area contributed by atoms with Crippen LogP contribution < -0.4 is 4.72 Å². The topological polar surface area (TPSA) is 102 Å².